The molecule has 1 amide bonds. The molecule has 0 saturated heterocycles. The van der Waals surface area contributed by atoms with E-state index in [2.05, 4.69) is 10.2 Å². The lowest BCUT2D eigenvalue weighted by Gasteiger charge is -2.25. The fourth-order valence-corrected chi connectivity index (χ4v) is 4.45. The van der Waals surface area contributed by atoms with Gasteiger partial charge in [0.2, 0.25) is 5.91 Å². The molecule has 0 unspecified atom stereocenters. The molecule has 7 heteroatoms. The van der Waals surface area contributed by atoms with Crippen molar-refractivity contribution in [3.05, 3.63) is 89.3 Å². The van der Waals surface area contributed by atoms with Gasteiger partial charge in [0.1, 0.15) is 0 Å². The van der Waals surface area contributed by atoms with E-state index in [4.69, 9.17) is 4.42 Å². The minimum Gasteiger partial charge on any atom is -0.410 e. The summed E-state index contributed by atoms with van der Waals surface area (Å²) in [6.07, 6.45) is 0. The van der Waals surface area contributed by atoms with Gasteiger partial charge in [-0.15, -0.1) is 21.5 Å². The summed E-state index contributed by atoms with van der Waals surface area (Å²) in [4.78, 5) is 16.1. The van der Waals surface area contributed by atoms with Crippen LogP contribution >= 0.6 is 23.1 Å². The van der Waals surface area contributed by atoms with Crippen molar-refractivity contribution in [2.24, 2.45) is 0 Å². The molecule has 0 spiro atoms. The molecule has 1 atom stereocenters. The van der Waals surface area contributed by atoms with E-state index in [9.17, 15) is 4.79 Å². The Kier molecular flexibility index (Phi) is 6.61. The van der Waals surface area contributed by atoms with Crippen molar-refractivity contribution in [1.29, 1.82) is 0 Å². The smallest absolute Gasteiger partial charge is 0.277 e. The van der Waals surface area contributed by atoms with Crippen molar-refractivity contribution >= 4 is 29.0 Å². The monoisotopic (exact) mass is 435 g/mol. The lowest BCUT2D eigenvalue weighted by atomic mass is 10.1. The van der Waals surface area contributed by atoms with Crippen LogP contribution in [0.15, 0.2) is 87.8 Å². The normalized spacial score (nSPS) is 11.9. The Hall–Kier alpha value is -2.90. The van der Waals surface area contributed by atoms with E-state index in [0.29, 0.717) is 24.2 Å². The molecule has 0 saturated carbocycles. The molecule has 152 valence electrons. The van der Waals surface area contributed by atoms with Crippen LogP contribution in [0.25, 0.3) is 10.8 Å². The zero-order valence-electron chi connectivity index (χ0n) is 16.5. The molecule has 2 aromatic carbocycles. The summed E-state index contributed by atoms with van der Waals surface area (Å²) >= 11 is 2.83. The van der Waals surface area contributed by atoms with E-state index in [1.165, 1.54) is 11.8 Å². The van der Waals surface area contributed by atoms with E-state index in [1.54, 1.807) is 11.3 Å². The van der Waals surface area contributed by atoms with E-state index in [-0.39, 0.29) is 11.2 Å². The maximum atomic E-state index is 13.3. The number of hydrogen-bond donors (Lipinski definition) is 0. The van der Waals surface area contributed by atoms with Gasteiger partial charge < -0.3 is 9.32 Å². The SMILES string of the molecule is C[C@H](Sc1nnc(-c2cccs2)o1)C(=O)N(Cc1ccccc1)Cc1ccccc1. The van der Waals surface area contributed by atoms with Crippen molar-refractivity contribution in [1.82, 2.24) is 15.1 Å². The van der Waals surface area contributed by atoms with Crippen LogP contribution in [-0.2, 0) is 17.9 Å². The Balaban J connectivity index is 1.48. The number of carbonyl (C=O) groups is 1. The highest BCUT2D eigenvalue weighted by atomic mass is 32.2. The highest BCUT2D eigenvalue weighted by Crippen LogP contribution is 2.29. The Morgan fingerprint density at radius 2 is 1.60 bits per heavy atom. The van der Waals surface area contributed by atoms with Crippen LogP contribution in [0.1, 0.15) is 18.1 Å². The van der Waals surface area contributed by atoms with Crippen LogP contribution in [0, 0.1) is 0 Å². The summed E-state index contributed by atoms with van der Waals surface area (Å²) in [7, 11) is 0. The average molecular weight is 436 g/mol. The van der Waals surface area contributed by atoms with Crippen LogP contribution in [0.5, 0.6) is 0 Å². The summed E-state index contributed by atoms with van der Waals surface area (Å²) in [5.41, 5.74) is 2.19. The molecule has 5 nitrogen and oxygen atoms in total. The summed E-state index contributed by atoms with van der Waals surface area (Å²) in [6, 6.07) is 23.9. The van der Waals surface area contributed by atoms with Crippen molar-refractivity contribution < 1.29 is 9.21 Å². The van der Waals surface area contributed by atoms with E-state index < -0.39 is 0 Å². The molecule has 0 aliphatic carbocycles. The highest BCUT2D eigenvalue weighted by Gasteiger charge is 2.24. The van der Waals surface area contributed by atoms with E-state index in [1.807, 2.05) is 90.0 Å². The van der Waals surface area contributed by atoms with Gasteiger partial charge in [-0.2, -0.15) is 0 Å². The number of thiophene rings is 1. The minimum absolute atomic E-state index is 0.0311. The van der Waals surface area contributed by atoms with Crippen molar-refractivity contribution in [3.63, 3.8) is 0 Å². The molecular formula is C23H21N3O2S2. The van der Waals surface area contributed by atoms with Crippen LogP contribution in [0.2, 0.25) is 0 Å². The van der Waals surface area contributed by atoms with Crippen molar-refractivity contribution in [2.45, 2.75) is 30.5 Å². The third-order valence-corrected chi connectivity index (χ3v) is 6.29. The number of nitrogens with zero attached hydrogens (tertiary/aromatic N) is 3. The molecule has 0 radical (unpaired) electrons. The predicted octanol–water partition coefficient (Wildman–Crippen LogP) is 5.51. The maximum absolute atomic E-state index is 13.3. The second kappa shape index (κ2) is 9.73. The number of benzene rings is 2. The predicted molar refractivity (Wildman–Crippen MR) is 120 cm³/mol. The van der Waals surface area contributed by atoms with Crippen LogP contribution < -0.4 is 0 Å². The van der Waals surface area contributed by atoms with Gasteiger partial charge in [-0.1, -0.05) is 78.5 Å². The third kappa shape index (κ3) is 5.17. The van der Waals surface area contributed by atoms with Crippen LogP contribution in [0.3, 0.4) is 0 Å². The first-order valence-electron chi connectivity index (χ1n) is 9.60. The largest absolute Gasteiger partial charge is 0.410 e. The van der Waals surface area contributed by atoms with Gasteiger partial charge in [-0.3, -0.25) is 4.79 Å². The second-order valence-electron chi connectivity index (χ2n) is 6.78. The topological polar surface area (TPSA) is 59.2 Å². The first-order chi connectivity index (χ1) is 14.7. The van der Waals surface area contributed by atoms with E-state index in [0.717, 1.165) is 16.0 Å². The van der Waals surface area contributed by atoms with Gasteiger partial charge in [0, 0.05) is 13.1 Å². The molecule has 0 bridgehead atoms. The summed E-state index contributed by atoms with van der Waals surface area (Å²) in [5, 5.41) is 10.2. The lowest BCUT2D eigenvalue weighted by molar-refractivity contribution is -0.131. The molecule has 0 N–H and O–H groups in total. The molecule has 0 aliphatic heterocycles. The minimum atomic E-state index is -0.353. The van der Waals surface area contributed by atoms with Gasteiger partial charge >= 0.3 is 0 Å². The van der Waals surface area contributed by atoms with Crippen LogP contribution in [0.4, 0.5) is 0 Å². The first-order valence-corrected chi connectivity index (χ1v) is 11.4. The molecule has 0 fully saturated rings. The van der Waals surface area contributed by atoms with Gasteiger partial charge in [-0.05, 0) is 29.5 Å². The number of aromatic nitrogens is 2. The summed E-state index contributed by atoms with van der Waals surface area (Å²) in [6.45, 7) is 2.97. The molecule has 2 aromatic heterocycles. The number of hydrogen-bond acceptors (Lipinski definition) is 6. The highest BCUT2D eigenvalue weighted by molar-refractivity contribution is 8.00. The molecule has 0 aliphatic rings. The number of thioether (sulfide) groups is 1. The zero-order valence-corrected chi connectivity index (χ0v) is 18.1. The summed E-state index contributed by atoms with van der Waals surface area (Å²) in [5.74, 6) is 0.515. The first kappa shape index (κ1) is 20.4. The Morgan fingerprint density at radius 3 is 2.17 bits per heavy atom. The van der Waals surface area contributed by atoms with Crippen LogP contribution in [-0.4, -0.2) is 26.3 Å². The van der Waals surface area contributed by atoms with Crippen molar-refractivity contribution in [3.8, 4) is 10.8 Å². The Bertz CT molecular complexity index is 1020. The average Bonchev–Trinajstić information content (AvgIpc) is 3.46. The van der Waals surface area contributed by atoms with Gasteiger partial charge in [-0.25, -0.2) is 0 Å². The van der Waals surface area contributed by atoms with Gasteiger partial charge in [0.05, 0.1) is 10.1 Å². The summed E-state index contributed by atoms with van der Waals surface area (Å²) < 4.78 is 5.75. The van der Waals surface area contributed by atoms with Crippen molar-refractivity contribution in [2.75, 3.05) is 0 Å². The number of amides is 1. The number of rotatable bonds is 8. The Morgan fingerprint density at radius 1 is 0.967 bits per heavy atom. The van der Waals surface area contributed by atoms with Gasteiger partial charge in [0.15, 0.2) is 0 Å². The maximum Gasteiger partial charge on any atom is 0.277 e. The van der Waals surface area contributed by atoms with E-state index >= 15 is 0 Å². The molecular weight excluding hydrogens is 414 g/mol. The molecule has 2 heterocycles. The second-order valence-corrected chi connectivity index (χ2v) is 9.02. The molecule has 4 rings (SSSR count). The zero-order chi connectivity index (χ0) is 20.8. The quantitative estimate of drug-likeness (QED) is 0.342. The third-order valence-electron chi connectivity index (χ3n) is 4.51. The lowest BCUT2D eigenvalue weighted by Crippen LogP contribution is -2.35. The molecule has 30 heavy (non-hydrogen) atoms. The fraction of sp³-hybridized carbons (Fsp3) is 0.174. The Labute approximate surface area is 183 Å². The number of carbonyl (C=O) groups excluding carboxylic acids is 1. The molecule has 4 aromatic rings. The standard InChI is InChI=1S/C23H21N3O2S2/c1-17(30-23-25-24-21(28-23)20-13-8-14-29-20)22(27)26(15-18-9-4-2-5-10-18)16-19-11-6-3-7-12-19/h2-14,17H,15-16H2,1H3/t17-/m0/s1. The fourth-order valence-electron chi connectivity index (χ4n) is 3.04. The van der Waals surface area contributed by atoms with Gasteiger partial charge in [0.25, 0.3) is 11.1 Å².